The molecule has 0 aliphatic carbocycles. The maximum Gasteiger partial charge on any atom is 0.261 e. The molecule has 2 aromatic rings. The van der Waals surface area contributed by atoms with Crippen molar-refractivity contribution in [3.63, 3.8) is 0 Å². The second-order valence-electron chi connectivity index (χ2n) is 4.92. The summed E-state index contributed by atoms with van der Waals surface area (Å²) in [6.45, 7) is 4.28. The van der Waals surface area contributed by atoms with Gasteiger partial charge in [-0.2, -0.15) is 0 Å². The number of benzene rings is 2. The van der Waals surface area contributed by atoms with E-state index in [-0.39, 0.29) is 5.91 Å². The molecule has 0 spiro atoms. The van der Waals surface area contributed by atoms with E-state index in [1.807, 2.05) is 49.4 Å². The minimum absolute atomic E-state index is 0.126. The van der Waals surface area contributed by atoms with Gasteiger partial charge in [0.2, 0.25) is 0 Å². The first-order valence-corrected chi connectivity index (χ1v) is 7.59. The minimum Gasteiger partial charge on any atom is -0.481 e. The predicted molar refractivity (Wildman–Crippen MR) is 87.3 cm³/mol. The molecule has 2 aromatic carbocycles. The van der Waals surface area contributed by atoms with Gasteiger partial charge in [-0.25, -0.2) is 0 Å². The molecule has 0 saturated carbocycles. The lowest BCUT2D eigenvalue weighted by Gasteiger charge is -2.15. The van der Waals surface area contributed by atoms with Crippen molar-refractivity contribution in [2.75, 3.05) is 0 Å². The van der Waals surface area contributed by atoms with Gasteiger partial charge in [-0.05, 0) is 43.7 Å². The van der Waals surface area contributed by atoms with Crippen LogP contribution in [0, 0.1) is 6.92 Å². The zero-order valence-electron chi connectivity index (χ0n) is 12.1. The Bertz CT molecular complexity index is 610. The topological polar surface area (TPSA) is 38.3 Å². The zero-order valence-corrected chi connectivity index (χ0v) is 13.7. The van der Waals surface area contributed by atoms with Gasteiger partial charge >= 0.3 is 0 Å². The summed E-state index contributed by atoms with van der Waals surface area (Å²) in [5, 5.41) is 2.88. The number of hydrogen-bond donors (Lipinski definition) is 1. The average molecular weight is 348 g/mol. The minimum atomic E-state index is -0.531. The Kier molecular flexibility index (Phi) is 5.39. The molecule has 0 heterocycles. The fourth-order valence-corrected chi connectivity index (χ4v) is 2.19. The molecule has 0 aromatic heterocycles. The van der Waals surface area contributed by atoms with Gasteiger partial charge in [0.05, 0.1) is 0 Å². The van der Waals surface area contributed by atoms with Crippen LogP contribution in [0.5, 0.6) is 5.75 Å². The van der Waals surface area contributed by atoms with Crippen LogP contribution in [0.2, 0.25) is 0 Å². The first kappa shape index (κ1) is 15.6. The van der Waals surface area contributed by atoms with Gasteiger partial charge in [0.25, 0.3) is 5.91 Å². The monoisotopic (exact) mass is 347 g/mol. The molecule has 21 heavy (non-hydrogen) atoms. The summed E-state index contributed by atoms with van der Waals surface area (Å²) < 4.78 is 6.59. The van der Waals surface area contributed by atoms with Crippen LogP contribution in [0.4, 0.5) is 0 Å². The van der Waals surface area contributed by atoms with E-state index < -0.39 is 6.10 Å². The standard InChI is InChI=1S/C17H18BrNO2/c1-12-4-3-5-14(10-12)11-19-17(20)13(2)21-16-8-6-15(18)7-9-16/h3-10,13H,11H2,1-2H3,(H,19,20)/t13-/m0/s1. The maximum absolute atomic E-state index is 12.0. The summed E-state index contributed by atoms with van der Waals surface area (Å²) in [6, 6.07) is 15.5. The molecular formula is C17H18BrNO2. The molecule has 0 fully saturated rings. The van der Waals surface area contributed by atoms with E-state index in [1.165, 1.54) is 5.56 Å². The highest BCUT2D eigenvalue weighted by Gasteiger charge is 2.14. The Morgan fingerprint density at radius 3 is 2.62 bits per heavy atom. The number of carbonyl (C=O) groups excluding carboxylic acids is 1. The van der Waals surface area contributed by atoms with Crippen molar-refractivity contribution in [3.8, 4) is 5.75 Å². The Labute approximate surface area is 133 Å². The van der Waals surface area contributed by atoms with E-state index in [1.54, 1.807) is 6.92 Å². The third-order valence-corrected chi connectivity index (χ3v) is 3.57. The average Bonchev–Trinajstić information content (AvgIpc) is 2.47. The van der Waals surface area contributed by atoms with Crippen LogP contribution >= 0.6 is 15.9 Å². The van der Waals surface area contributed by atoms with E-state index in [4.69, 9.17) is 4.74 Å². The number of rotatable bonds is 5. The van der Waals surface area contributed by atoms with Crippen LogP contribution in [-0.2, 0) is 11.3 Å². The van der Waals surface area contributed by atoms with Crippen LogP contribution in [0.15, 0.2) is 53.0 Å². The summed E-state index contributed by atoms with van der Waals surface area (Å²) in [5.41, 5.74) is 2.26. The number of amides is 1. The number of hydrogen-bond acceptors (Lipinski definition) is 2. The van der Waals surface area contributed by atoms with Crippen molar-refractivity contribution in [2.45, 2.75) is 26.5 Å². The van der Waals surface area contributed by atoms with Gasteiger partial charge in [0.15, 0.2) is 6.10 Å². The molecule has 0 unspecified atom stereocenters. The van der Waals surface area contributed by atoms with E-state index in [0.717, 1.165) is 10.0 Å². The van der Waals surface area contributed by atoms with Crippen LogP contribution in [-0.4, -0.2) is 12.0 Å². The molecule has 0 aliphatic heterocycles. The van der Waals surface area contributed by atoms with Crippen molar-refractivity contribution in [3.05, 3.63) is 64.1 Å². The van der Waals surface area contributed by atoms with Crippen LogP contribution in [0.3, 0.4) is 0 Å². The van der Waals surface area contributed by atoms with Crippen molar-refractivity contribution < 1.29 is 9.53 Å². The van der Waals surface area contributed by atoms with E-state index in [0.29, 0.717) is 12.3 Å². The van der Waals surface area contributed by atoms with Crippen LogP contribution in [0.25, 0.3) is 0 Å². The fourth-order valence-electron chi connectivity index (χ4n) is 1.93. The molecular weight excluding hydrogens is 330 g/mol. The highest BCUT2D eigenvalue weighted by molar-refractivity contribution is 9.10. The van der Waals surface area contributed by atoms with Crippen molar-refractivity contribution in [1.82, 2.24) is 5.32 Å². The van der Waals surface area contributed by atoms with Crippen LogP contribution in [0.1, 0.15) is 18.1 Å². The SMILES string of the molecule is Cc1cccc(CNC(=O)[C@H](C)Oc2ccc(Br)cc2)c1. The van der Waals surface area contributed by atoms with Gasteiger partial charge in [-0.3, -0.25) is 4.79 Å². The predicted octanol–water partition coefficient (Wildman–Crippen LogP) is 3.84. The van der Waals surface area contributed by atoms with Gasteiger partial charge in [0, 0.05) is 11.0 Å². The maximum atomic E-state index is 12.0. The second kappa shape index (κ2) is 7.27. The number of nitrogens with one attached hydrogen (secondary N) is 1. The van der Waals surface area contributed by atoms with Gasteiger partial charge in [-0.15, -0.1) is 0 Å². The van der Waals surface area contributed by atoms with Gasteiger partial charge < -0.3 is 10.1 Å². The Balaban J connectivity index is 1.86. The van der Waals surface area contributed by atoms with Crippen molar-refractivity contribution in [1.29, 1.82) is 0 Å². The molecule has 110 valence electrons. The molecule has 0 saturated heterocycles. The first-order chi connectivity index (χ1) is 10.0. The normalized spacial score (nSPS) is 11.8. The lowest BCUT2D eigenvalue weighted by molar-refractivity contribution is -0.127. The van der Waals surface area contributed by atoms with Gasteiger partial charge in [-0.1, -0.05) is 45.8 Å². The summed E-state index contributed by atoms with van der Waals surface area (Å²) in [5.74, 6) is 0.552. The number of carbonyl (C=O) groups is 1. The summed E-state index contributed by atoms with van der Waals surface area (Å²) in [7, 11) is 0. The first-order valence-electron chi connectivity index (χ1n) is 6.80. The third-order valence-electron chi connectivity index (χ3n) is 3.04. The Morgan fingerprint density at radius 1 is 1.24 bits per heavy atom. The zero-order chi connectivity index (χ0) is 15.2. The smallest absolute Gasteiger partial charge is 0.261 e. The molecule has 0 aliphatic rings. The molecule has 3 nitrogen and oxygen atoms in total. The Hall–Kier alpha value is -1.81. The van der Waals surface area contributed by atoms with Crippen LogP contribution < -0.4 is 10.1 Å². The molecule has 0 radical (unpaired) electrons. The summed E-state index contributed by atoms with van der Waals surface area (Å²) in [4.78, 5) is 12.0. The second-order valence-corrected chi connectivity index (χ2v) is 5.84. The highest BCUT2D eigenvalue weighted by Crippen LogP contribution is 2.17. The molecule has 4 heteroatoms. The number of aryl methyl sites for hydroxylation is 1. The van der Waals surface area contributed by atoms with Gasteiger partial charge in [0.1, 0.15) is 5.75 Å². The van der Waals surface area contributed by atoms with E-state index >= 15 is 0 Å². The molecule has 2 rings (SSSR count). The fraction of sp³-hybridized carbons (Fsp3) is 0.235. The Morgan fingerprint density at radius 2 is 1.95 bits per heavy atom. The number of ether oxygens (including phenoxy) is 1. The lowest BCUT2D eigenvalue weighted by Crippen LogP contribution is -2.35. The molecule has 0 bridgehead atoms. The van der Waals surface area contributed by atoms with E-state index in [9.17, 15) is 4.79 Å². The number of halogens is 1. The largest absolute Gasteiger partial charge is 0.481 e. The van der Waals surface area contributed by atoms with Crippen molar-refractivity contribution >= 4 is 21.8 Å². The lowest BCUT2D eigenvalue weighted by atomic mass is 10.1. The summed E-state index contributed by atoms with van der Waals surface area (Å²) in [6.07, 6.45) is -0.531. The van der Waals surface area contributed by atoms with Crippen molar-refractivity contribution in [2.24, 2.45) is 0 Å². The van der Waals surface area contributed by atoms with E-state index in [2.05, 4.69) is 27.3 Å². The summed E-state index contributed by atoms with van der Waals surface area (Å²) >= 11 is 3.36. The third kappa shape index (κ3) is 4.90. The molecule has 1 atom stereocenters. The molecule has 1 amide bonds. The molecule has 1 N–H and O–H groups in total. The quantitative estimate of drug-likeness (QED) is 0.892. The highest BCUT2D eigenvalue weighted by atomic mass is 79.9.